The lowest BCUT2D eigenvalue weighted by Crippen LogP contribution is -2.19. The van der Waals surface area contributed by atoms with Gasteiger partial charge in [-0.25, -0.2) is 0 Å². The molecule has 0 amide bonds. The van der Waals surface area contributed by atoms with E-state index in [4.69, 9.17) is 17.3 Å². The third kappa shape index (κ3) is 1.52. The molecular weight excluding hydrogens is 186 g/mol. The predicted molar refractivity (Wildman–Crippen MR) is 53.1 cm³/mol. The highest BCUT2D eigenvalue weighted by Crippen LogP contribution is 2.48. The first-order valence-electron chi connectivity index (χ1n) is 4.36. The molecule has 0 atom stereocenters. The molecule has 1 fully saturated rings. The van der Waals surface area contributed by atoms with E-state index in [0.717, 1.165) is 18.4 Å². The molecule has 1 saturated carbocycles. The Morgan fingerprint density at radius 3 is 2.54 bits per heavy atom. The summed E-state index contributed by atoms with van der Waals surface area (Å²) in [6, 6.07) is 5.19. The van der Waals surface area contributed by atoms with E-state index in [-0.39, 0.29) is 11.2 Å². The van der Waals surface area contributed by atoms with Crippen molar-refractivity contribution in [1.82, 2.24) is 0 Å². The fraction of sp³-hybridized carbons (Fsp3) is 0.400. The molecule has 2 rings (SSSR count). The van der Waals surface area contributed by atoms with Gasteiger partial charge in [-0.3, -0.25) is 0 Å². The summed E-state index contributed by atoms with van der Waals surface area (Å²) < 4.78 is 0. The molecule has 1 aliphatic carbocycles. The van der Waals surface area contributed by atoms with Crippen LogP contribution in [-0.2, 0) is 5.41 Å². The minimum absolute atomic E-state index is 0.0996. The Hall–Kier alpha value is -0.730. The molecule has 0 spiro atoms. The SMILES string of the molecule is NCC1(c2cc(O)cc(Cl)c2)CC1. The van der Waals surface area contributed by atoms with Gasteiger partial charge in [0.2, 0.25) is 0 Å². The van der Waals surface area contributed by atoms with Gasteiger partial charge in [0.25, 0.3) is 0 Å². The van der Waals surface area contributed by atoms with Crippen LogP contribution in [0.1, 0.15) is 18.4 Å². The Kier molecular flexibility index (Phi) is 1.97. The lowest BCUT2D eigenvalue weighted by Gasteiger charge is -2.13. The van der Waals surface area contributed by atoms with Crippen LogP contribution < -0.4 is 5.73 Å². The number of benzene rings is 1. The van der Waals surface area contributed by atoms with Crippen molar-refractivity contribution in [1.29, 1.82) is 0 Å². The van der Waals surface area contributed by atoms with Crippen molar-refractivity contribution >= 4 is 11.6 Å². The van der Waals surface area contributed by atoms with Gasteiger partial charge in [0.15, 0.2) is 0 Å². The van der Waals surface area contributed by atoms with E-state index in [1.165, 1.54) is 6.07 Å². The Labute approximate surface area is 82.3 Å². The third-order valence-electron chi connectivity index (χ3n) is 2.74. The lowest BCUT2D eigenvalue weighted by molar-refractivity contribution is 0.473. The van der Waals surface area contributed by atoms with Gasteiger partial charge in [-0.1, -0.05) is 11.6 Å². The first-order valence-corrected chi connectivity index (χ1v) is 4.74. The molecule has 3 heteroatoms. The van der Waals surface area contributed by atoms with Crippen LogP contribution >= 0.6 is 11.6 Å². The van der Waals surface area contributed by atoms with E-state index in [1.807, 2.05) is 6.07 Å². The second-order valence-electron chi connectivity index (χ2n) is 3.68. The first kappa shape index (κ1) is 8.85. The van der Waals surface area contributed by atoms with E-state index >= 15 is 0 Å². The van der Waals surface area contributed by atoms with Crippen LogP contribution in [0.15, 0.2) is 18.2 Å². The van der Waals surface area contributed by atoms with Crippen molar-refractivity contribution in [2.75, 3.05) is 6.54 Å². The van der Waals surface area contributed by atoms with Gasteiger partial charge in [0.1, 0.15) is 5.75 Å². The minimum atomic E-state index is 0.0996. The minimum Gasteiger partial charge on any atom is -0.508 e. The van der Waals surface area contributed by atoms with E-state index < -0.39 is 0 Å². The predicted octanol–water partition coefficient (Wildman–Crippen LogP) is 2.04. The highest BCUT2D eigenvalue weighted by Gasteiger charge is 2.43. The lowest BCUT2D eigenvalue weighted by atomic mass is 9.96. The smallest absolute Gasteiger partial charge is 0.117 e. The van der Waals surface area contributed by atoms with Gasteiger partial charge < -0.3 is 10.8 Å². The van der Waals surface area contributed by atoms with Crippen LogP contribution in [0.2, 0.25) is 5.02 Å². The molecule has 3 N–H and O–H groups in total. The molecule has 1 aromatic carbocycles. The van der Waals surface area contributed by atoms with E-state index in [9.17, 15) is 5.11 Å². The monoisotopic (exact) mass is 197 g/mol. The highest BCUT2D eigenvalue weighted by molar-refractivity contribution is 6.30. The second kappa shape index (κ2) is 2.89. The standard InChI is InChI=1S/C10H12ClNO/c11-8-3-7(4-9(13)5-8)10(6-12)1-2-10/h3-5,13H,1-2,6,12H2. The number of hydrogen-bond acceptors (Lipinski definition) is 2. The maximum Gasteiger partial charge on any atom is 0.117 e. The molecule has 70 valence electrons. The average molecular weight is 198 g/mol. The second-order valence-corrected chi connectivity index (χ2v) is 4.12. The van der Waals surface area contributed by atoms with Crippen LogP contribution in [0.3, 0.4) is 0 Å². The summed E-state index contributed by atoms with van der Waals surface area (Å²) in [6.45, 7) is 0.632. The van der Waals surface area contributed by atoms with Gasteiger partial charge in [-0.15, -0.1) is 0 Å². The molecule has 1 aliphatic rings. The zero-order chi connectivity index (χ0) is 9.47. The average Bonchev–Trinajstić information content (AvgIpc) is 2.82. The van der Waals surface area contributed by atoms with Gasteiger partial charge in [0.05, 0.1) is 0 Å². The molecule has 0 unspecified atom stereocenters. The van der Waals surface area contributed by atoms with Crippen molar-refractivity contribution in [2.45, 2.75) is 18.3 Å². The fourth-order valence-corrected chi connectivity index (χ4v) is 1.87. The quantitative estimate of drug-likeness (QED) is 0.762. The normalized spacial score (nSPS) is 18.6. The number of nitrogens with two attached hydrogens (primary N) is 1. The Bertz CT molecular complexity index is 313. The molecule has 0 radical (unpaired) electrons. The number of aromatic hydroxyl groups is 1. The molecular formula is C10H12ClNO. The number of halogens is 1. The summed E-state index contributed by atoms with van der Waals surface area (Å²) in [5.41, 5.74) is 6.85. The van der Waals surface area contributed by atoms with Gasteiger partial charge in [0, 0.05) is 17.0 Å². The zero-order valence-corrected chi connectivity index (χ0v) is 8.01. The summed E-state index contributed by atoms with van der Waals surface area (Å²) in [5, 5.41) is 9.93. The fourth-order valence-electron chi connectivity index (χ4n) is 1.64. The Balaban J connectivity index is 2.40. The van der Waals surface area contributed by atoms with Crippen molar-refractivity contribution < 1.29 is 5.11 Å². The summed E-state index contributed by atoms with van der Waals surface area (Å²) in [6.07, 6.45) is 2.20. The Morgan fingerprint density at radius 1 is 1.38 bits per heavy atom. The van der Waals surface area contributed by atoms with E-state index in [1.54, 1.807) is 6.07 Å². The molecule has 0 bridgehead atoms. The van der Waals surface area contributed by atoms with E-state index in [0.29, 0.717) is 11.6 Å². The number of hydrogen-bond donors (Lipinski definition) is 2. The van der Waals surface area contributed by atoms with Crippen molar-refractivity contribution in [2.24, 2.45) is 5.73 Å². The first-order chi connectivity index (χ1) is 6.16. The molecule has 0 aliphatic heterocycles. The Morgan fingerprint density at radius 2 is 2.08 bits per heavy atom. The molecule has 2 nitrogen and oxygen atoms in total. The molecule has 0 aromatic heterocycles. The third-order valence-corrected chi connectivity index (χ3v) is 2.96. The highest BCUT2D eigenvalue weighted by atomic mass is 35.5. The molecule has 0 saturated heterocycles. The topological polar surface area (TPSA) is 46.2 Å². The van der Waals surface area contributed by atoms with Crippen LogP contribution in [0.5, 0.6) is 5.75 Å². The molecule has 0 heterocycles. The maximum absolute atomic E-state index is 9.36. The van der Waals surface area contributed by atoms with Crippen molar-refractivity contribution in [3.05, 3.63) is 28.8 Å². The van der Waals surface area contributed by atoms with Gasteiger partial charge in [-0.05, 0) is 36.6 Å². The molecule has 1 aromatic rings. The number of rotatable bonds is 2. The van der Waals surface area contributed by atoms with Crippen LogP contribution in [0, 0.1) is 0 Å². The van der Waals surface area contributed by atoms with Crippen LogP contribution in [-0.4, -0.2) is 11.7 Å². The summed E-state index contributed by atoms with van der Waals surface area (Å²) in [5.74, 6) is 0.224. The van der Waals surface area contributed by atoms with E-state index in [2.05, 4.69) is 0 Å². The summed E-state index contributed by atoms with van der Waals surface area (Å²) in [4.78, 5) is 0. The summed E-state index contributed by atoms with van der Waals surface area (Å²) in [7, 11) is 0. The van der Waals surface area contributed by atoms with Gasteiger partial charge in [-0.2, -0.15) is 0 Å². The largest absolute Gasteiger partial charge is 0.508 e. The maximum atomic E-state index is 9.36. The van der Waals surface area contributed by atoms with Gasteiger partial charge >= 0.3 is 0 Å². The zero-order valence-electron chi connectivity index (χ0n) is 7.26. The number of phenols is 1. The summed E-state index contributed by atoms with van der Waals surface area (Å²) >= 11 is 5.84. The van der Waals surface area contributed by atoms with Crippen LogP contribution in [0.25, 0.3) is 0 Å². The molecule has 13 heavy (non-hydrogen) atoms. The number of phenolic OH excluding ortho intramolecular Hbond substituents is 1. The van der Waals surface area contributed by atoms with Crippen molar-refractivity contribution in [3.8, 4) is 5.75 Å². The van der Waals surface area contributed by atoms with Crippen LogP contribution in [0.4, 0.5) is 0 Å². The van der Waals surface area contributed by atoms with Crippen molar-refractivity contribution in [3.63, 3.8) is 0 Å².